The van der Waals surface area contributed by atoms with Crippen molar-refractivity contribution in [2.24, 2.45) is 22.7 Å². The van der Waals surface area contributed by atoms with Crippen molar-refractivity contribution >= 4 is 0 Å². The highest BCUT2D eigenvalue weighted by molar-refractivity contribution is 5.07. The van der Waals surface area contributed by atoms with Crippen molar-refractivity contribution in [2.75, 3.05) is 0 Å². The van der Waals surface area contributed by atoms with E-state index in [0.717, 1.165) is 11.8 Å². The molecule has 0 radical (unpaired) electrons. The van der Waals surface area contributed by atoms with Crippen LogP contribution in [0.2, 0.25) is 0 Å². The van der Waals surface area contributed by atoms with Crippen LogP contribution in [0.1, 0.15) is 112 Å². The molecule has 3 unspecified atom stereocenters. The van der Waals surface area contributed by atoms with E-state index in [4.69, 9.17) is 0 Å². The highest BCUT2D eigenvalue weighted by Gasteiger charge is 2.41. The van der Waals surface area contributed by atoms with Crippen molar-refractivity contribution in [3.63, 3.8) is 0 Å². The standard InChI is InChI=1S/C22H43/c1-7-9-10-11-15-20-21(4,5)17-18-22(20,6)16-13-12-14-19(3)8-2/h17,19-20H,7-16,18H2,1-6H3/q-1. The van der Waals surface area contributed by atoms with Gasteiger partial charge in [0.25, 0.3) is 0 Å². The summed E-state index contributed by atoms with van der Waals surface area (Å²) in [5.41, 5.74) is 1.03. The number of unbranched alkanes of at least 4 members (excludes halogenated alkanes) is 4. The van der Waals surface area contributed by atoms with Crippen LogP contribution in [0.3, 0.4) is 0 Å². The molecular formula is C22H43-. The first-order valence-corrected chi connectivity index (χ1v) is 10.2. The van der Waals surface area contributed by atoms with Gasteiger partial charge < -0.3 is 6.42 Å². The predicted molar refractivity (Wildman–Crippen MR) is 101 cm³/mol. The number of hydrogen-bond donors (Lipinski definition) is 0. The molecule has 1 rings (SSSR count). The Bertz CT molecular complexity index is 290. The lowest BCUT2D eigenvalue weighted by molar-refractivity contribution is 0.118. The van der Waals surface area contributed by atoms with Gasteiger partial charge >= 0.3 is 0 Å². The van der Waals surface area contributed by atoms with Gasteiger partial charge in [0.15, 0.2) is 0 Å². The second-order valence-corrected chi connectivity index (χ2v) is 9.04. The summed E-state index contributed by atoms with van der Waals surface area (Å²) < 4.78 is 0. The molecule has 1 saturated carbocycles. The summed E-state index contributed by atoms with van der Waals surface area (Å²) in [6.07, 6.45) is 18.2. The Morgan fingerprint density at radius 1 is 1.00 bits per heavy atom. The molecule has 0 bridgehead atoms. The molecule has 1 fully saturated rings. The zero-order valence-electron chi connectivity index (χ0n) is 16.5. The quantitative estimate of drug-likeness (QED) is 0.269. The van der Waals surface area contributed by atoms with E-state index in [1.165, 1.54) is 70.6 Å². The summed E-state index contributed by atoms with van der Waals surface area (Å²) in [5.74, 6) is 1.82. The van der Waals surface area contributed by atoms with Gasteiger partial charge in [0.05, 0.1) is 0 Å². The maximum atomic E-state index is 2.64. The molecule has 0 amide bonds. The molecule has 3 atom stereocenters. The summed E-state index contributed by atoms with van der Waals surface area (Å²) in [6, 6.07) is 0. The number of rotatable bonds is 11. The van der Waals surface area contributed by atoms with Crippen LogP contribution in [-0.4, -0.2) is 0 Å². The van der Waals surface area contributed by atoms with Crippen LogP contribution >= 0.6 is 0 Å². The van der Waals surface area contributed by atoms with E-state index in [0.29, 0.717) is 10.8 Å². The fourth-order valence-electron chi connectivity index (χ4n) is 4.68. The lowest BCUT2D eigenvalue weighted by Gasteiger charge is -2.43. The lowest BCUT2D eigenvalue weighted by atomic mass is 9.67. The van der Waals surface area contributed by atoms with Crippen molar-refractivity contribution < 1.29 is 0 Å². The van der Waals surface area contributed by atoms with E-state index in [1.807, 2.05) is 0 Å². The highest BCUT2D eigenvalue weighted by Crippen LogP contribution is 2.57. The molecule has 0 heteroatoms. The molecule has 0 aromatic heterocycles. The van der Waals surface area contributed by atoms with Crippen LogP contribution < -0.4 is 0 Å². The first-order valence-electron chi connectivity index (χ1n) is 10.2. The topological polar surface area (TPSA) is 0 Å². The molecule has 0 nitrogen and oxygen atoms in total. The van der Waals surface area contributed by atoms with Gasteiger partial charge in [-0.05, 0) is 5.92 Å². The van der Waals surface area contributed by atoms with Gasteiger partial charge in [0.2, 0.25) is 0 Å². The van der Waals surface area contributed by atoms with Crippen LogP contribution in [-0.2, 0) is 0 Å². The van der Waals surface area contributed by atoms with Crippen LogP contribution in [0, 0.1) is 29.1 Å². The maximum absolute atomic E-state index is 2.64. The van der Waals surface area contributed by atoms with Crippen LogP contribution in [0.25, 0.3) is 0 Å². The maximum Gasteiger partial charge on any atom is -0.0445 e. The molecule has 0 aromatic carbocycles. The monoisotopic (exact) mass is 307 g/mol. The van der Waals surface area contributed by atoms with Gasteiger partial charge in [-0.3, -0.25) is 0 Å². The van der Waals surface area contributed by atoms with Gasteiger partial charge in [-0.15, -0.1) is 0 Å². The Kier molecular flexibility index (Phi) is 8.50. The van der Waals surface area contributed by atoms with Crippen molar-refractivity contribution in [3.05, 3.63) is 6.42 Å². The van der Waals surface area contributed by atoms with Crippen LogP contribution in [0.5, 0.6) is 0 Å². The Morgan fingerprint density at radius 2 is 1.73 bits per heavy atom. The van der Waals surface area contributed by atoms with Crippen molar-refractivity contribution in [1.82, 2.24) is 0 Å². The van der Waals surface area contributed by atoms with Gasteiger partial charge in [0.1, 0.15) is 0 Å². The first kappa shape index (κ1) is 20.0. The minimum absolute atomic E-state index is 0.456. The van der Waals surface area contributed by atoms with E-state index < -0.39 is 0 Å². The van der Waals surface area contributed by atoms with Gasteiger partial charge in [-0.1, -0.05) is 117 Å². The molecule has 1 aliphatic carbocycles. The van der Waals surface area contributed by atoms with Crippen molar-refractivity contribution in [3.8, 4) is 0 Å². The second kappa shape index (κ2) is 9.33. The smallest absolute Gasteiger partial charge is 0.0445 e. The van der Waals surface area contributed by atoms with Gasteiger partial charge in [-0.25, -0.2) is 0 Å². The molecular weight excluding hydrogens is 264 g/mol. The van der Waals surface area contributed by atoms with Crippen LogP contribution in [0.15, 0.2) is 0 Å². The number of hydrogen-bond acceptors (Lipinski definition) is 0. The van der Waals surface area contributed by atoms with E-state index in [1.54, 1.807) is 0 Å². The van der Waals surface area contributed by atoms with Crippen molar-refractivity contribution in [2.45, 2.75) is 112 Å². The van der Waals surface area contributed by atoms with E-state index >= 15 is 0 Å². The Morgan fingerprint density at radius 3 is 2.36 bits per heavy atom. The average molecular weight is 308 g/mol. The molecule has 0 saturated heterocycles. The molecule has 1 aliphatic rings. The zero-order chi connectivity index (χ0) is 16.6. The molecule has 0 aromatic rings. The van der Waals surface area contributed by atoms with E-state index in [2.05, 4.69) is 48.0 Å². The zero-order valence-corrected chi connectivity index (χ0v) is 16.5. The van der Waals surface area contributed by atoms with Crippen molar-refractivity contribution in [1.29, 1.82) is 0 Å². The van der Waals surface area contributed by atoms with Gasteiger partial charge in [-0.2, -0.15) is 11.8 Å². The van der Waals surface area contributed by atoms with E-state index in [-0.39, 0.29) is 0 Å². The fourth-order valence-corrected chi connectivity index (χ4v) is 4.68. The molecule has 0 aliphatic heterocycles. The molecule has 0 spiro atoms. The van der Waals surface area contributed by atoms with Crippen LogP contribution in [0.4, 0.5) is 0 Å². The first-order chi connectivity index (χ1) is 10.4. The molecule has 0 N–H and O–H groups in total. The minimum atomic E-state index is 0.456. The largest absolute Gasteiger partial charge is 0.322 e. The molecule has 0 heterocycles. The Hall–Kier alpha value is 0. The summed E-state index contributed by atoms with van der Waals surface area (Å²) in [5, 5.41) is 0. The Balaban J connectivity index is 2.45. The summed E-state index contributed by atoms with van der Waals surface area (Å²) in [7, 11) is 0. The summed E-state index contributed by atoms with van der Waals surface area (Å²) >= 11 is 0. The predicted octanol–water partition coefficient (Wildman–Crippen LogP) is 7.82. The minimum Gasteiger partial charge on any atom is -0.322 e. The molecule has 132 valence electrons. The third kappa shape index (κ3) is 5.89. The fraction of sp³-hybridized carbons (Fsp3) is 0.955. The van der Waals surface area contributed by atoms with Gasteiger partial charge in [0, 0.05) is 0 Å². The SMILES string of the molecule is CCCCCCC1C(C)(C)[CH-]CC1(C)CCCCC(C)CC. The normalized spacial score (nSPS) is 28.9. The highest BCUT2D eigenvalue weighted by atomic mass is 14.5. The third-order valence-electron chi connectivity index (χ3n) is 6.57. The third-order valence-corrected chi connectivity index (χ3v) is 6.57. The van der Waals surface area contributed by atoms with E-state index in [9.17, 15) is 0 Å². The Labute approximate surface area is 141 Å². The molecule has 22 heavy (non-hydrogen) atoms. The lowest BCUT2D eigenvalue weighted by Crippen LogP contribution is -2.30. The summed E-state index contributed by atoms with van der Waals surface area (Å²) in [4.78, 5) is 0. The second-order valence-electron chi connectivity index (χ2n) is 9.04. The average Bonchev–Trinajstić information content (AvgIpc) is 2.71. The summed E-state index contributed by atoms with van der Waals surface area (Å²) in [6.45, 7) is 14.6.